The Labute approximate surface area is 65.3 Å². The van der Waals surface area contributed by atoms with Crippen LogP contribution >= 0.6 is 0 Å². The van der Waals surface area contributed by atoms with Crippen LogP contribution in [-0.2, 0) is 6.42 Å². The number of nitrogens with two attached hydrogens (primary N) is 1. The molecule has 60 valence electrons. The first-order chi connectivity index (χ1) is 5.25. The van der Waals surface area contributed by atoms with Gasteiger partial charge in [0.05, 0.1) is 11.9 Å². The second-order valence-corrected chi connectivity index (χ2v) is 2.45. The maximum Gasteiger partial charge on any atom is 0.152 e. The van der Waals surface area contributed by atoms with Gasteiger partial charge in [-0.15, -0.1) is 0 Å². The van der Waals surface area contributed by atoms with Gasteiger partial charge in [0.15, 0.2) is 5.82 Å². The molecule has 3 heteroatoms. The van der Waals surface area contributed by atoms with E-state index in [0.29, 0.717) is 12.0 Å². The molecule has 2 nitrogen and oxygen atoms in total. The number of anilines is 1. The van der Waals surface area contributed by atoms with E-state index < -0.39 is 0 Å². The minimum absolute atomic E-state index is 0.135. The summed E-state index contributed by atoms with van der Waals surface area (Å²) in [5.74, 6) is -0.318. The molecule has 0 aliphatic rings. The van der Waals surface area contributed by atoms with Gasteiger partial charge in [0, 0.05) is 11.8 Å². The minimum atomic E-state index is -0.318. The summed E-state index contributed by atoms with van der Waals surface area (Å²) in [4.78, 5) is 3.80. The summed E-state index contributed by atoms with van der Waals surface area (Å²) in [6.45, 7) is 1.99. The molecule has 0 unspecified atom stereocenters. The Balaban J connectivity index is 2.96. The lowest BCUT2D eigenvalue weighted by Gasteiger charge is -2.01. The molecule has 0 atom stereocenters. The molecule has 11 heavy (non-hydrogen) atoms. The van der Waals surface area contributed by atoms with E-state index in [-0.39, 0.29) is 11.5 Å². The first-order valence-corrected chi connectivity index (χ1v) is 3.63. The maximum atomic E-state index is 13.0. The normalized spacial score (nSPS) is 10.0. The number of hydrogen-bond acceptors (Lipinski definition) is 2. The molecule has 0 aromatic carbocycles. The number of aromatic nitrogens is 1. The van der Waals surface area contributed by atoms with Gasteiger partial charge in [-0.05, 0) is 6.42 Å². The van der Waals surface area contributed by atoms with Crippen LogP contribution in [0.2, 0.25) is 0 Å². The Kier molecular flexibility index (Phi) is 2.41. The van der Waals surface area contributed by atoms with Crippen molar-refractivity contribution in [1.82, 2.24) is 4.98 Å². The topological polar surface area (TPSA) is 38.9 Å². The molecule has 0 spiro atoms. The third kappa shape index (κ3) is 1.67. The average molecular weight is 154 g/mol. The summed E-state index contributed by atoms with van der Waals surface area (Å²) in [6.07, 6.45) is 4.45. The molecule has 1 aromatic heterocycles. The first kappa shape index (κ1) is 7.98. The van der Waals surface area contributed by atoms with Gasteiger partial charge in [-0.2, -0.15) is 0 Å². The largest absolute Gasteiger partial charge is 0.395 e. The number of nitrogen functional groups attached to an aromatic ring is 1. The van der Waals surface area contributed by atoms with Crippen molar-refractivity contribution in [2.24, 2.45) is 0 Å². The fourth-order valence-corrected chi connectivity index (χ4v) is 0.950. The summed E-state index contributed by atoms with van der Waals surface area (Å²) in [5, 5.41) is 0. The van der Waals surface area contributed by atoms with Gasteiger partial charge in [-0.25, -0.2) is 4.39 Å². The molecule has 0 saturated heterocycles. The van der Waals surface area contributed by atoms with E-state index >= 15 is 0 Å². The van der Waals surface area contributed by atoms with Gasteiger partial charge in [0.1, 0.15) is 0 Å². The number of rotatable bonds is 2. The SMILES string of the molecule is CCCc1cncc(N)c1F. The van der Waals surface area contributed by atoms with Crippen molar-refractivity contribution in [2.75, 3.05) is 5.73 Å². The highest BCUT2D eigenvalue weighted by molar-refractivity contribution is 5.39. The Morgan fingerprint density at radius 3 is 2.91 bits per heavy atom. The van der Waals surface area contributed by atoms with Crippen molar-refractivity contribution in [3.05, 3.63) is 23.8 Å². The Bertz CT molecular complexity index is 248. The van der Waals surface area contributed by atoms with Crippen LogP contribution in [0.3, 0.4) is 0 Å². The molecule has 0 fully saturated rings. The highest BCUT2D eigenvalue weighted by Gasteiger charge is 2.03. The molecule has 0 aliphatic heterocycles. The van der Waals surface area contributed by atoms with Crippen LogP contribution < -0.4 is 5.73 Å². The van der Waals surface area contributed by atoms with Gasteiger partial charge < -0.3 is 5.73 Å². The second kappa shape index (κ2) is 3.32. The first-order valence-electron chi connectivity index (χ1n) is 3.63. The molecule has 0 aliphatic carbocycles. The summed E-state index contributed by atoms with van der Waals surface area (Å²) in [6, 6.07) is 0. The zero-order valence-corrected chi connectivity index (χ0v) is 6.47. The summed E-state index contributed by atoms with van der Waals surface area (Å²) < 4.78 is 13.0. The maximum absolute atomic E-state index is 13.0. The van der Waals surface area contributed by atoms with Gasteiger partial charge in [-0.1, -0.05) is 13.3 Å². The summed E-state index contributed by atoms with van der Waals surface area (Å²) in [7, 11) is 0. The lowest BCUT2D eigenvalue weighted by atomic mass is 10.1. The number of halogens is 1. The lowest BCUT2D eigenvalue weighted by molar-refractivity contribution is 0.609. The van der Waals surface area contributed by atoms with Crippen LogP contribution in [0, 0.1) is 5.82 Å². The molecule has 1 aromatic rings. The van der Waals surface area contributed by atoms with E-state index in [1.165, 1.54) is 12.4 Å². The van der Waals surface area contributed by atoms with E-state index in [9.17, 15) is 4.39 Å². The summed E-state index contributed by atoms with van der Waals surface area (Å²) in [5.41, 5.74) is 6.05. The van der Waals surface area contributed by atoms with Crippen LogP contribution in [-0.4, -0.2) is 4.98 Å². The van der Waals surface area contributed by atoms with Crippen LogP contribution in [0.25, 0.3) is 0 Å². The minimum Gasteiger partial charge on any atom is -0.395 e. The third-order valence-corrected chi connectivity index (χ3v) is 1.50. The fourth-order valence-electron chi connectivity index (χ4n) is 0.950. The van der Waals surface area contributed by atoms with Crippen molar-refractivity contribution >= 4 is 5.69 Å². The molecular weight excluding hydrogens is 143 g/mol. The Morgan fingerprint density at radius 2 is 2.27 bits per heavy atom. The van der Waals surface area contributed by atoms with E-state index in [1.54, 1.807) is 0 Å². The zero-order valence-electron chi connectivity index (χ0n) is 6.47. The van der Waals surface area contributed by atoms with Crippen molar-refractivity contribution in [3.8, 4) is 0 Å². The molecule has 1 rings (SSSR count). The highest BCUT2D eigenvalue weighted by Crippen LogP contribution is 2.13. The number of nitrogens with zero attached hydrogens (tertiary/aromatic N) is 1. The van der Waals surface area contributed by atoms with E-state index in [4.69, 9.17) is 5.73 Å². The lowest BCUT2D eigenvalue weighted by Crippen LogP contribution is -1.97. The molecule has 2 N–H and O–H groups in total. The van der Waals surface area contributed by atoms with Crippen LogP contribution in [0.4, 0.5) is 10.1 Å². The molecular formula is C8H11FN2. The molecule has 0 saturated carbocycles. The smallest absolute Gasteiger partial charge is 0.152 e. The number of hydrogen-bond donors (Lipinski definition) is 1. The van der Waals surface area contributed by atoms with Gasteiger partial charge >= 0.3 is 0 Å². The Hall–Kier alpha value is -1.12. The molecule has 0 radical (unpaired) electrons. The predicted molar refractivity (Wildman–Crippen MR) is 42.6 cm³/mol. The van der Waals surface area contributed by atoms with E-state index in [2.05, 4.69) is 4.98 Å². The van der Waals surface area contributed by atoms with Crippen molar-refractivity contribution in [2.45, 2.75) is 19.8 Å². The predicted octanol–water partition coefficient (Wildman–Crippen LogP) is 1.76. The quantitative estimate of drug-likeness (QED) is 0.704. The third-order valence-electron chi connectivity index (χ3n) is 1.50. The van der Waals surface area contributed by atoms with E-state index in [1.807, 2.05) is 6.92 Å². The van der Waals surface area contributed by atoms with Crippen LogP contribution in [0.5, 0.6) is 0 Å². The number of pyridine rings is 1. The van der Waals surface area contributed by atoms with Crippen LogP contribution in [0.15, 0.2) is 12.4 Å². The molecule has 0 bridgehead atoms. The molecule has 1 heterocycles. The molecule has 0 amide bonds. The van der Waals surface area contributed by atoms with Crippen molar-refractivity contribution in [1.29, 1.82) is 0 Å². The number of aryl methyl sites for hydroxylation is 1. The van der Waals surface area contributed by atoms with Crippen LogP contribution in [0.1, 0.15) is 18.9 Å². The van der Waals surface area contributed by atoms with Gasteiger partial charge in [0.2, 0.25) is 0 Å². The highest BCUT2D eigenvalue weighted by atomic mass is 19.1. The van der Waals surface area contributed by atoms with E-state index in [0.717, 1.165) is 6.42 Å². The fraction of sp³-hybridized carbons (Fsp3) is 0.375. The second-order valence-electron chi connectivity index (χ2n) is 2.45. The van der Waals surface area contributed by atoms with Gasteiger partial charge in [-0.3, -0.25) is 4.98 Å². The standard InChI is InChI=1S/C8H11FN2/c1-2-3-6-4-11-5-7(10)8(6)9/h4-5H,2-3,10H2,1H3. The average Bonchev–Trinajstić information content (AvgIpc) is 1.99. The Morgan fingerprint density at radius 1 is 1.55 bits per heavy atom. The van der Waals surface area contributed by atoms with Crippen molar-refractivity contribution < 1.29 is 4.39 Å². The monoisotopic (exact) mass is 154 g/mol. The van der Waals surface area contributed by atoms with Gasteiger partial charge in [0.25, 0.3) is 0 Å². The zero-order chi connectivity index (χ0) is 8.27. The summed E-state index contributed by atoms with van der Waals surface area (Å²) >= 11 is 0. The van der Waals surface area contributed by atoms with Crippen molar-refractivity contribution in [3.63, 3.8) is 0 Å².